The molecule has 0 spiro atoms. The first kappa shape index (κ1) is 13.5. The third-order valence-electron chi connectivity index (χ3n) is 2.74. The fraction of sp³-hybridized carbons (Fsp3) is 0.0667. The van der Waals surface area contributed by atoms with Gasteiger partial charge in [-0.15, -0.1) is 0 Å². The second kappa shape index (κ2) is 5.81. The van der Waals surface area contributed by atoms with Crippen molar-refractivity contribution in [2.45, 2.75) is 6.54 Å². The van der Waals surface area contributed by atoms with E-state index in [1.807, 2.05) is 6.07 Å². The largest absolute Gasteiger partial charge is 0.381 e. The van der Waals surface area contributed by atoms with Crippen molar-refractivity contribution < 1.29 is 8.78 Å². The first-order valence-corrected chi connectivity index (χ1v) is 5.76. The Morgan fingerprint density at radius 2 is 1.70 bits per heavy atom. The summed E-state index contributed by atoms with van der Waals surface area (Å²) in [4.78, 5) is 0. The molecule has 2 rings (SSSR count). The van der Waals surface area contributed by atoms with E-state index in [1.165, 1.54) is 36.4 Å². The van der Waals surface area contributed by atoms with Gasteiger partial charge in [-0.05, 0) is 36.4 Å². The highest BCUT2D eigenvalue weighted by molar-refractivity contribution is 5.50. The molecular formula is C15H9F2N3. The predicted molar refractivity (Wildman–Crippen MR) is 69.6 cm³/mol. The average molecular weight is 269 g/mol. The molecule has 2 aromatic carbocycles. The second-order valence-corrected chi connectivity index (χ2v) is 4.08. The molecule has 1 N–H and O–H groups in total. The van der Waals surface area contributed by atoms with E-state index in [-0.39, 0.29) is 12.1 Å². The van der Waals surface area contributed by atoms with Gasteiger partial charge in [0.25, 0.3) is 0 Å². The third kappa shape index (κ3) is 2.90. The zero-order valence-electron chi connectivity index (χ0n) is 10.3. The highest BCUT2D eigenvalue weighted by Crippen LogP contribution is 2.16. The van der Waals surface area contributed by atoms with Gasteiger partial charge in [-0.25, -0.2) is 8.78 Å². The zero-order valence-corrected chi connectivity index (χ0v) is 10.3. The van der Waals surface area contributed by atoms with Crippen LogP contribution in [0.2, 0.25) is 0 Å². The van der Waals surface area contributed by atoms with Crippen LogP contribution in [-0.2, 0) is 6.54 Å². The van der Waals surface area contributed by atoms with E-state index in [0.717, 1.165) is 0 Å². The van der Waals surface area contributed by atoms with Crippen molar-refractivity contribution >= 4 is 5.69 Å². The third-order valence-corrected chi connectivity index (χ3v) is 2.74. The smallest absolute Gasteiger partial charge is 0.141 e. The summed E-state index contributed by atoms with van der Waals surface area (Å²) in [5.74, 6) is -1.03. The Balaban J connectivity index is 2.17. The molecule has 5 heteroatoms. The Hall–Kier alpha value is -2.92. The Kier molecular flexibility index (Phi) is 3.93. The highest BCUT2D eigenvalue weighted by Gasteiger charge is 2.06. The lowest BCUT2D eigenvalue weighted by Crippen LogP contribution is -2.03. The summed E-state index contributed by atoms with van der Waals surface area (Å²) in [6, 6.07) is 11.7. The van der Waals surface area contributed by atoms with E-state index < -0.39 is 11.6 Å². The summed E-state index contributed by atoms with van der Waals surface area (Å²) in [6.45, 7) is 0.137. The van der Waals surface area contributed by atoms with E-state index in [9.17, 15) is 8.78 Å². The van der Waals surface area contributed by atoms with Gasteiger partial charge in [-0.1, -0.05) is 0 Å². The van der Waals surface area contributed by atoms with E-state index in [1.54, 1.807) is 6.07 Å². The predicted octanol–water partition coefficient (Wildman–Crippen LogP) is 3.32. The lowest BCUT2D eigenvalue weighted by atomic mass is 10.1. The maximum absolute atomic E-state index is 13.6. The van der Waals surface area contributed by atoms with Gasteiger partial charge in [-0.2, -0.15) is 10.5 Å². The number of anilines is 1. The molecule has 20 heavy (non-hydrogen) atoms. The molecule has 0 heterocycles. The lowest BCUT2D eigenvalue weighted by molar-refractivity contribution is 0.612. The van der Waals surface area contributed by atoms with Crippen LogP contribution in [0.1, 0.15) is 16.7 Å². The van der Waals surface area contributed by atoms with Gasteiger partial charge in [0.15, 0.2) is 0 Å². The minimum atomic E-state index is -0.601. The summed E-state index contributed by atoms with van der Waals surface area (Å²) in [7, 11) is 0. The van der Waals surface area contributed by atoms with E-state index in [0.29, 0.717) is 16.8 Å². The normalized spacial score (nSPS) is 9.60. The number of hydrogen-bond donors (Lipinski definition) is 1. The van der Waals surface area contributed by atoms with Gasteiger partial charge in [0.2, 0.25) is 0 Å². The number of rotatable bonds is 3. The number of nitrogens with one attached hydrogen (secondary N) is 1. The quantitative estimate of drug-likeness (QED) is 0.929. The van der Waals surface area contributed by atoms with Crippen LogP contribution in [0.4, 0.5) is 14.5 Å². The van der Waals surface area contributed by atoms with Gasteiger partial charge < -0.3 is 5.32 Å². The van der Waals surface area contributed by atoms with Crippen molar-refractivity contribution in [3.05, 3.63) is 64.7 Å². The number of nitriles is 2. The van der Waals surface area contributed by atoms with Crippen molar-refractivity contribution in [1.29, 1.82) is 10.5 Å². The van der Waals surface area contributed by atoms with Crippen molar-refractivity contribution in [3.8, 4) is 12.1 Å². The van der Waals surface area contributed by atoms with Gasteiger partial charge >= 0.3 is 0 Å². The van der Waals surface area contributed by atoms with Crippen molar-refractivity contribution in [1.82, 2.24) is 0 Å². The minimum Gasteiger partial charge on any atom is -0.381 e. The van der Waals surface area contributed by atoms with Crippen LogP contribution in [0.3, 0.4) is 0 Å². The molecule has 0 aliphatic carbocycles. The molecule has 0 fully saturated rings. The van der Waals surface area contributed by atoms with Gasteiger partial charge in [0, 0.05) is 17.8 Å². The van der Waals surface area contributed by atoms with Crippen LogP contribution in [0.5, 0.6) is 0 Å². The summed E-state index contributed by atoms with van der Waals surface area (Å²) in [6.07, 6.45) is 0. The lowest BCUT2D eigenvalue weighted by Gasteiger charge is -2.08. The van der Waals surface area contributed by atoms with Crippen molar-refractivity contribution in [2.75, 3.05) is 5.32 Å². The molecule has 0 unspecified atom stereocenters. The van der Waals surface area contributed by atoms with Gasteiger partial charge in [-0.3, -0.25) is 0 Å². The summed E-state index contributed by atoms with van der Waals surface area (Å²) < 4.78 is 26.7. The van der Waals surface area contributed by atoms with Crippen LogP contribution in [0.15, 0.2) is 36.4 Å². The first-order valence-electron chi connectivity index (χ1n) is 5.76. The molecule has 0 aliphatic rings. The van der Waals surface area contributed by atoms with Crippen LogP contribution < -0.4 is 5.32 Å². The molecule has 0 amide bonds. The molecule has 0 aliphatic heterocycles. The van der Waals surface area contributed by atoms with Crippen LogP contribution in [0, 0.1) is 34.3 Å². The first-order chi connectivity index (χ1) is 9.63. The number of benzene rings is 2. The molecule has 98 valence electrons. The molecule has 2 aromatic rings. The number of hydrogen-bond acceptors (Lipinski definition) is 3. The molecule has 0 saturated heterocycles. The second-order valence-electron chi connectivity index (χ2n) is 4.08. The molecular weight excluding hydrogens is 260 g/mol. The molecule has 0 aromatic heterocycles. The van der Waals surface area contributed by atoms with Crippen LogP contribution in [0.25, 0.3) is 0 Å². The SMILES string of the molecule is N#Cc1ccc(F)c(CNc2ccc(F)c(C#N)c2)c1. The number of nitrogens with zero attached hydrogens (tertiary/aromatic N) is 2. The fourth-order valence-electron chi connectivity index (χ4n) is 1.70. The maximum atomic E-state index is 13.6. The average Bonchev–Trinajstić information content (AvgIpc) is 2.47. The van der Waals surface area contributed by atoms with Gasteiger partial charge in [0.05, 0.1) is 17.2 Å². The Labute approximate surface area is 114 Å². The van der Waals surface area contributed by atoms with E-state index in [4.69, 9.17) is 10.5 Å². The van der Waals surface area contributed by atoms with Crippen molar-refractivity contribution in [2.24, 2.45) is 0 Å². The molecule has 0 bridgehead atoms. The Morgan fingerprint density at radius 1 is 0.950 bits per heavy atom. The summed E-state index contributed by atoms with van der Waals surface area (Å²) in [5.41, 5.74) is 1.11. The highest BCUT2D eigenvalue weighted by atomic mass is 19.1. The van der Waals surface area contributed by atoms with E-state index in [2.05, 4.69) is 5.32 Å². The topological polar surface area (TPSA) is 59.6 Å². The van der Waals surface area contributed by atoms with Crippen LogP contribution >= 0.6 is 0 Å². The van der Waals surface area contributed by atoms with Crippen molar-refractivity contribution in [3.63, 3.8) is 0 Å². The van der Waals surface area contributed by atoms with Crippen LogP contribution in [-0.4, -0.2) is 0 Å². The summed E-state index contributed by atoms with van der Waals surface area (Å²) in [5, 5.41) is 20.4. The minimum absolute atomic E-state index is 0.0822. The monoisotopic (exact) mass is 269 g/mol. The molecule has 0 atom stereocenters. The maximum Gasteiger partial charge on any atom is 0.141 e. The molecule has 0 saturated carbocycles. The Bertz CT molecular complexity index is 727. The van der Waals surface area contributed by atoms with E-state index >= 15 is 0 Å². The summed E-state index contributed by atoms with van der Waals surface area (Å²) >= 11 is 0. The molecule has 3 nitrogen and oxygen atoms in total. The number of halogens is 2. The standard InChI is InChI=1S/C15H9F2N3/c16-14-4-2-13(6-11(14)8-19)20-9-12-5-10(7-18)1-3-15(12)17/h1-6,20H,9H2. The molecule has 0 radical (unpaired) electrons. The zero-order chi connectivity index (χ0) is 14.5. The van der Waals surface area contributed by atoms with Gasteiger partial charge in [0.1, 0.15) is 17.7 Å². The Morgan fingerprint density at radius 3 is 2.40 bits per heavy atom. The fourth-order valence-corrected chi connectivity index (χ4v) is 1.70.